The molecule has 5 aliphatic heterocycles. The highest BCUT2D eigenvalue weighted by molar-refractivity contribution is 5.16. The zero-order valence-corrected chi connectivity index (χ0v) is 18.0. The highest BCUT2D eigenvalue weighted by Crippen LogP contribution is 2.44. The summed E-state index contributed by atoms with van der Waals surface area (Å²) in [7, 11) is 0. The summed E-state index contributed by atoms with van der Waals surface area (Å²) in [6.45, 7) is 3.37. The van der Waals surface area contributed by atoms with Gasteiger partial charge >= 0.3 is 0 Å². The van der Waals surface area contributed by atoms with Crippen LogP contribution in [0, 0.1) is 0 Å². The summed E-state index contributed by atoms with van der Waals surface area (Å²) in [4.78, 5) is 0. The Hall–Kier alpha value is -1.14. The van der Waals surface area contributed by atoms with Crippen molar-refractivity contribution in [3.63, 3.8) is 0 Å². The van der Waals surface area contributed by atoms with Crippen LogP contribution in [0.25, 0.3) is 0 Å². The highest BCUT2D eigenvalue weighted by Gasteiger charge is 2.63. The second-order valence-corrected chi connectivity index (χ2v) is 8.94. The quantitative estimate of drug-likeness (QED) is 0.487. The molecule has 32 heavy (non-hydrogen) atoms. The lowest BCUT2D eigenvalue weighted by Crippen LogP contribution is -2.64. The minimum Gasteiger partial charge on any atom is -0.385 e. The van der Waals surface area contributed by atoms with E-state index in [4.69, 9.17) is 37.9 Å². The predicted molar refractivity (Wildman–Crippen MR) is 107 cm³/mol. The minimum absolute atomic E-state index is 0.101. The van der Waals surface area contributed by atoms with Gasteiger partial charge in [-0.05, 0) is 6.42 Å². The van der Waals surface area contributed by atoms with E-state index in [9.17, 15) is 5.11 Å². The van der Waals surface area contributed by atoms with Crippen LogP contribution in [0.4, 0.5) is 0 Å². The number of hydrogen-bond acceptors (Lipinski definition) is 9. The Balaban J connectivity index is 1.18. The zero-order chi connectivity index (χ0) is 21.7. The molecule has 0 amide bonds. The topological polar surface area (TPSA) is 97.4 Å². The third kappa shape index (κ3) is 3.89. The molecule has 9 nitrogen and oxygen atoms in total. The summed E-state index contributed by atoms with van der Waals surface area (Å²) >= 11 is 0. The van der Waals surface area contributed by atoms with Crippen molar-refractivity contribution in [1.29, 1.82) is 0 Å². The maximum Gasteiger partial charge on any atom is 0.187 e. The van der Waals surface area contributed by atoms with Crippen LogP contribution < -0.4 is 0 Å². The van der Waals surface area contributed by atoms with E-state index in [-0.39, 0.29) is 30.7 Å². The van der Waals surface area contributed by atoms with Crippen molar-refractivity contribution in [2.45, 2.75) is 87.5 Å². The normalized spacial score (nSPS) is 47.0. The molecule has 176 valence electrons. The van der Waals surface area contributed by atoms with Gasteiger partial charge in [0.25, 0.3) is 0 Å². The Bertz CT molecular complexity index is 778. The molecule has 11 atom stereocenters. The van der Waals surface area contributed by atoms with E-state index in [0.29, 0.717) is 19.8 Å². The van der Waals surface area contributed by atoms with E-state index in [2.05, 4.69) is 6.92 Å². The standard InChI is InChI=1S/C23H30O9/c1-2-3-9-25-18-15(24)22(32-17-14-11-27-23(29-14)20-19(17)30-20)28-13-10-26-21(31-16(13)18)12-7-5-4-6-8-12/h4-8,13-24H,2-3,9-11H2,1H3/t13?,14-,15?,16-,17?,18?,19?,20-,21?,22+,23?/m1/s1. The van der Waals surface area contributed by atoms with Gasteiger partial charge in [0.2, 0.25) is 0 Å². The van der Waals surface area contributed by atoms with E-state index < -0.39 is 37.0 Å². The lowest BCUT2D eigenvalue weighted by Gasteiger charge is -2.48. The number of epoxide rings is 1. The molecule has 0 aliphatic carbocycles. The summed E-state index contributed by atoms with van der Waals surface area (Å²) in [6, 6.07) is 9.74. The van der Waals surface area contributed by atoms with Crippen LogP contribution in [0.2, 0.25) is 0 Å². The van der Waals surface area contributed by atoms with Crippen molar-refractivity contribution < 1.29 is 43.0 Å². The SMILES string of the molecule is CCCCOC1C(O)[C@H](OC2C3O[C@H]3C3OC[C@H]2O3)OC2COC(c3ccccc3)O[C@H]21. The van der Waals surface area contributed by atoms with E-state index in [1.165, 1.54) is 0 Å². The monoisotopic (exact) mass is 450 g/mol. The number of ether oxygens (including phenoxy) is 8. The molecule has 5 saturated heterocycles. The van der Waals surface area contributed by atoms with Crippen LogP contribution in [0.15, 0.2) is 30.3 Å². The first-order chi connectivity index (χ1) is 15.7. The predicted octanol–water partition coefficient (Wildman–Crippen LogP) is 1.28. The van der Waals surface area contributed by atoms with Gasteiger partial charge < -0.3 is 43.0 Å². The number of rotatable bonds is 7. The van der Waals surface area contributed by atoms with Crippen LogP contribution >= 0.6 is 0 Å². The fraction of sp³-hybridized carbons (Fsp3) is 0.739. The van der Waals surface area contributed by atoms with Crippen LogP contribution in [0.3, 0.4) is 0 Å². The molecule has 7 unspecified atom stereocenters. The van der Waals surface area contributed by atoms with Gasteiger partial charge in [-0.25, -0.2) is 0 Å². The molecule has 9 heteroatoms. The van der Waals surface area contributed by atoms with Gasteiger partial charge in [0, 0.05) is 12.2 Å². The summed E-state index contributed by atoms with van der Waals surface area (Å²) in [5.74, 6) is 0. The zero-order valence-electron chi connectivity index (χ0n) is 18.0. The number of benzene rings is 1. The second-order valence-electron chi connectivity index (χ2n) is 8.94. The molecule has 5 heterocycles. The number of aliphatic hydroxyl groups excluding tert-OH is 1. The number of unbranched alkanes of at least 4 members (excludes halogenated alkanes) is 1. The molecule has 0 saturated carbocycles. The molecule has 0 radical (unpaired) electrons. The average molecular weight is 450 g/mol. The van der Waals surface area contributed by atoms with Crippen molar-refractivity contribution in [3.8, 4) is 0 Å². The molecule has 1 aromatic rings. The molecule has 0 spiro atoms. The summed E-state index contributed by atoms with van der Waals surface area (Å²) in [6.07, 6.45) is -3.23. The van der Waals surface area contributed by atoms with E-state index in [1.807, 2.05) is 30.3 Å². The minimum atomic E-state index is -1.03. The lowest BCUT2D eigenvalue weighted by atomic mass is 9.97. The number of hydrogen-bond donors (Lipinski definition) is 1. The van der Waals surface area contributed by atoms with Gasteiger partial charge in [-0.15, -0.1) is 0 Å². The maximum absolute atomic E-state index is 11.2. The molecule has 6 rings (SSSR count). The van der Waals surface area contributed by atoms with Crippen LogP contribution in [0.1, 0.15) is 31.6 Å². The van der Waals surface area contributed by atoms with E-state index >= 15 is 0 Å². The van der Waals surface area contributed by atoms with Gasteiger partial charge in [0.1, 0.15) is 48.8 Å². The first kappa shape index (κ1) is 21.4. The Kier molecular flexibility index (Phi) is 5.95. The van der Waals surface area contributed by atoms with Crippen molar-refractivity contribution >= 4 is 0 Å². The molecule has 0 aromatic heterocycles. The Morgan fingerprint density at radius 2 is 1.75 bits per heavy atom. The second kappa shape index (κ2) is 8.90. The van der Waals surface area contributed by atoms with Crippen LogP contribution in [-0.4, -0.2) is 86.3 Å². The van der Waals surface area contributed by atoms with Crippen molar-refractivity contribution in [1.82, 2.24) is 0 Å². The molecule has 2 bridgehead atoms. The maximum atomic E-state index is 11.2. The molecule has 5 fully saturated rings. The lowest BCUT2D eigenvalue weighted by molar-refractivity contribution is -0.374. The smallest absolute Gasteiger partial charge is 0.187 e. The van der Waals surface area contributed by atoms with Crippen molar-refractivity contribution in [2.75, 3.05) is 19.8 Å². The van der Waals surface area contributed by atoms with Crippen molar-refractivity contribution in [3.05, 3.63) is 35.9 Å². The average Bonchev–Trinajstić information content (AvgIpc) is 3.51. The Morgan fingerprint density at radius 1 is 0.906 bits per heavy atom. The number of fused-ring (bicyclic) bond motifs is 5. The Morgan fingerprint density at radius 3 is 2.59 bits per heavy atom. The third-order valence-corrected chi connectivity index (χ3v) is 6.73. The van der Waals surface area contributed by atoms with Gasteiger partial charge in [-0.1, -0.05) is 43.7 Å². The number of aliphatic hydroxyl groups is 1. The molecule has 1 N–H and O–H groups in total. The molecular formula is C23H30O9. The van der Waals surface area contributed by atoms with E-state index in [0.717, 1.165) is 18.4 Å². The van der Waals surface area contributed by atoms with E-state index in [1.54, 1.807) is 0 Å². The van der Waals surface area contributed by atoms with Gasteiger partial charge in [-0.3, -0.25) is 0 Å². The third-order valence-electron chi connectivity index (χ3n) is 6.73. The molecule has 1 aromatic carbocycles. The van der Waals surface area contributed by atoms with Crippen LogP contribution in [0.5, 0.6) is 0 Å². The molecular weight excluding hydrogens is 420 g/mol. The summed E-state index contributed by atoms with van der Waals surface area (Å²) in [5, 5.41) is 11.2. The first-order valence-corrected chi connectivity index (χ1v) is 11.6. The van der Waals surface area contributed by atoms with Gasteiger partial charge in [-0.2, -0.15) is 0 Å². The molecule has 5 aliphatic rings. The largest absolute Gasteiger partial charge is 0.385 e. The fourth-order valence-corrected chi connectivity index (χ4v) is 4.95. The summed E-state index contributed by atoms with van der Waals surface area (Å²) in [5.41, 5.74) is 0.915. The highest BCUT2D eigenvalue weighted by atomic mass is 16.8. The first-order valence-electron chi connectivity index (χ1n) is 11.6. The van der Waals surface area contributed by atoms with Crippen molar-refractivity contribution in [2.24, 2.45) is 0 Å². The summed E-state index contributed by atoms with van der Waals surface area (Å²) < 4.78 is 47.8. The Labute approximate surface area is 186 Å². The fourth-order valence-electron chi connectivity index (χ4n) is 4.95. The van der Waals surface area contributed by atoms with Crippen LogP contribution in [-0.2, 0) is 37.9 Å². The van der Waals surface area contributed by atoms with Gasteiger partial charge in [0.15, 0.2) is 18.9 Å². The van der Waals surface area contributed by atoms with Gasteiger partial charge in [0.05, 0.1) is 13.2 Å².